The Labute approximate surface area is 241 Å². The molecule has 2 aliphatic rings. The van der Waals surface area contributed by atoms with Gasteiger partial charge < -0.3 is 19.8 Å². The Hall–Kier alpha value is -3.61. The number of aryl methyl sites for hydroxylation is 2. The normalized spacial score (nSPS) is 16.4. The molecule has 9 nitrogen and oxygen atoms in total. The molecule has 12 heteroatoms. The van der Waals surface area contributed by atoms with E-state index in [0.29, 0.717) is 52.2 Å². The molecule has 0 radical (unpaired) electrons. The number of aliphatic hydroxyl groups is 1. The summed E-state index contributed by atoms with van der Waals surface area (Å²) >= 11 is 1.52. The fourth-order valence-electron chi connectivity index (χ4n) is 5.50. The molecule has 1 N–H and O–H groups in total. The maximum absolute atomic E-state index is 15.5. The van der Waals surface area contributed by atoms with Crippen LogP contribution in [-0.2, 0) is 11.2 Å². The SMILES string of the molecule is CCc1nc2c(F)cc(N3CCN(CC(=O)N4CC(O)C4)CC3)cn2c1N(C)c1nc(-c2ccc(F)cc2)c(C)s1. The van der Waals surface area contributed by atoms with Crippen LogP contribution < -0.4 is 9.80 Å². The lowest BCUT2D eigenvalue weighted by Gasteiger charge is -2.39. The number of anilines is 3. The number of likely N-dealkylation sites (tertiary alicyclic amines) is 1. The van der Waals surface area contributed by atoms with Gasteiger partial charge in [-0.2, -0.15) is 0 Å². The van der Waals surface area contributed by atoms with Crippen molar-refractivity contribution in [2.75, 3.05) is 62.7 Å². The Morgan fingerprint density at radius 1 is 1.12 bits per heavy atom. The van der Waals surface area contributed by atoms with Crippen LogP contribution in [0.2, 0.25) is 0 Å². The number of imidazole rings is 1. The largest absolute Gasteiger partial charge is 0.389 e. The third-order valence-corrected chi connectivity index (χ3v) is 8.91. The fraction of sp³-hybridized carbons (Fsp3) is 0.414. The molecule has 0 bridgehead atoms. The van der Waals surface area contributed by atoms with E-state index in [1.54, 1.807) is 17.0 Å². The molecule has 0 saturated carbocycles. The molecule has 0 unspecified atom stereocenters. The summed E-state index contributed by atoms with van der Waals surface area (Å²) < 4.78 is 30.8. The second-order valence-corrected chi connectivity index (χ2v) is 11.8. The van der Waals surface area contributed by atoms with E-state index in [9.17, 15) is 14.3 Å². The minimum Gasteiger partial charge on any atom is -0.389 e. The van der Waals surface area contributed by atoms with Crippen LogP contribution in [0.1, 0.15) is 17.5 Å². The van der Waals surface area contributed by atoms with Crippen LogP contribution in [0.25, 0.3) is 16.9 Å². The van der Waals surface area contributed by atoms with Gasteiger partial charge in [0.25, 0.3) is 0 Å². The minimum absolute atomic E-state index is 0.0365. The third kappa shape index (κ3) is 5.27. The van der Waals surface area contributed by atoms with Gasteiger partial charge in [-0.3, -0.25) is 14.1 Å². The van der Waals surface area contributed by atoms with E-state index in [0.717, 1.165) is 38.5 Å². The van der Waals surface area contributed by atoms with E-state index in [4.69, 9.17) is 4.98 Å². The zero-order valence-corrected chi connectivity index (χ0v) is 24.2. The number of carbonyl (C=O) groups is 1. The number of aliphatic hydroxyl groups excluding tert-OH is 1. The average Bonchev–Trinajstić information content (AvgIpc) is 3.52. The summed E-state index contributed by atoms with van der Waals surface area (Å²) in [4.78, 5) is 30.8. The van der Waals surface area contributed by atoms with E-state index in [2.05, 4.69) is 14.8 Å². The first-order valence-electron chi connectivity index (χ1n) is 13.8. The van der Waals surface area contributed by atoms with Gasteiger partial charge in [0.1, 0.15) is 11.6 Å². The van der Waals surface area contributed by atoms with Gasteiger partial charge in [0.05, 0.1) is 29.7 Å². The number of piperazine rings is 1. The number of amides is 1. The molecule has 0 atom stereocenters. The van der Waals surface area contributed by atoms with Crippen LogP contribution in [0, 0.1) is 18.6 Å². The lowest BCUT2D eigenvalue weighted by atomic mass is 10.1. The topological polar surface area (TPSA) is 80.5 Å². The minimum atomic E-state index is -0.405. The predicted octanol–water partition coefficient (Wildman–Crippen LogP) is 3.70. The van der Waals surface area contributed by atoms with Crippen molar-refractivity contribution >= 4 is 39.5 Å². The average molecular weight is 582 g/mol. The molecule has 1 amide bonds. The lowest BCUT2D eigenvalue weighted by Crippen LogP contribution is -2.57. The van der Waals surface area contributed by atoms with Crippen molar-refractivity contribution in [2.45, 2.75) is 26.4 Å². The van der Waals surface area contributed by atoms with Crippen LogP contribution in [0.3, 0.4) is 0 Å². The van der Waals surface area contributed by atoms with Crippen LogP contribution in [0.4, 0.5) is 25.4 Å². The molecule has 0 spiro atoms. The van der Waals surface area contributed by atoms with Crippen LogP contribution >= 0.6 is 11.3 Å². The number of aromatic nitrogens is 3. The van der Waals surface area contributed by atoms with Gasteiger partial charge in [0.15, 0.2) is 16.6 Å². The van der Waals surface area contributed by atoms with Gasteiger partial charge in [0, 0.05) is 69.0 Å². The van der Waals surface area contributed by atoms with Crippen molar-refractivity contribution in [2.24, 2.45) is 0 Å². The second-order valence-electron chi connectivity index (χ2n) is 10.7. The number of pyridine rings is 1. The Morgan fingerprint density at radius 2 is 1.83 bits per heavy atom. The summed E-state index contributed by atoms with van der Waals surface area (Å²) in [7, 11) is 1.91. The number of β-amino-alcohol motifs (C(OH)–C–C–N with tert-alkyl or cyclic N) is 1. The fourth-order valence-corrected chi connectivity index (χ4v) is 6.39. The van der Waals surface area contributed by atoms with Gasteiger partial charge in [-0.05, 0) is 37.6 Å². The van der Waals surface area contributed by atoms with E-state index in [-0.39, 0.29) is 17.4 Å². The zero-order valence-electron chi connectivity index (χ0n) is 23.3. The van der Waals surface area contributed by atoms with E-state index in [1.807, 2.05) is 36.4 Å². The highest BCUT2D eigenvalue weighted by atomic mass is 32.1. The second kappa shape index (κ2) is 11.0. The molecule has 2 fully saturated rings. The zero-order chi connectivity index (χ0) is 28.8. The molecule has 4 aromatic rings. The molecule has 2 saturated heterocycles. The summed E-state index contributed by atoms with van der Waals surface area (Å²) in [5.74, 6) is 0.101. The number of nitrogens with zero attached hydrogens (tertiary/aromatic N) is 7. The summed E-state index contributed by atoms with van der Waals surface area (Å²) in [5, 5.41) is 10.2. The van der Waals surface area contributed by atoms with Gasteiger partial charge in [-0.25, -0.2) is 18.7 Å². The maximum Gasteiger partial charge on any atom is 0.236 e. The van der Waals surface area contributed by atoms with Crippen molar-refractivity contribution in [1.29, 1.82) is 0 Å². The summed E-state index contributed by atoms with van der Waals surface area (Å²) in [5.41, 5.74) is 3.41. The first kappa shape index (κ1) is 27.6. The lowest BCUT2D eigenvalue weighted by molar-refractivity contribution is -0.142. The highest BCUT2D eigenvalue weighted by Crippen LogP contribution is 2.37. The van der Waals surface area contributed by atoms with Gasteiger partial charge in [0.2, 0.25) is 5.91 Å². The van der Waals surface area contributed by atoms with Crippen LogP contribution in [0.5, 0.6) is 0 Å². The maximum atomic E-state index is 15.5. The Morgan fingerprint density at radius 3 is 2.49 bits per heavy atom. The molecule has 41 heavy (non-hydrogen) atoms. The highest BCUT2D eigenvalue weighted by molar-refractivity contribution is 7.16. The van der Waals surface area contributed by atoms with E-state index < -0.39 is 11.9 Å². The monoisotopic (exact) mass is 581 g/mol. The van der Waals surface area contributed by atoms with Crippen LogP contribution in [0.15, 0.2) is 36.5 Å². The number of rotatable bonds is 7. The number of thiazole rings is 1. The quantitative estimate of drug-likeness (QED) is 0.357. The molecule has 3 aromatic heterocycles. The van der Waals surface area contributed by atoms with Crippen molar-refractivity contribution < 1.29 is 18.7 Å². The van der Waals surface area contributed by atoms with Gasteiger partial charge >= 0.3 is 0 Å². The number of fused-ring (bicyclic) bond motifs is 1. The molecular formula is C29H33F2N7O2S. The van der Waals surface area contributed by atoms with Crippen molar-refractivity contribution in [3.8, 4) is 11.3 Å². The van der Waals surface area contributed by atoms with Crippen molar-refractivity contribution in [1.82, 2.24) is 24.2 Å². The molecule has 0 aliphatic carbocycles. The number of carbonyl (C=O) groups excluding carboxylic acids is 1. The standard InChI is InChI=1S/C29H33F2N7O2S/c1-4-24-28(34(3)29-33-26(18(2)41-29)19-5-7-20(30)8-6-19)38-14-21(13-23(31)27(38)32-24)36-11-9-35(10-12-36)17-25(40)37-15-22(39)16-37/h5-8,13-14,22,39H,4,9-12,15-17H2,1-3H3. The number of benzene rings is 1. The molecule has 1 aromatic carbocycles. The summed E-state index contributed by atoms with van der Waals surface area (Å²) in [6.45, 7) is 7.82. The highest BCUT2D eigenvalue weighted by Gasteiger charge is 2.31. The number of halogens is 2. The van der Waals surface area contributed by atoms with Crippen molar-refractivity contribution in [3.63, 3.8) is 0 Å². The summed E-state index contributed by atoms with van der Waals surface area (Å²) in [6.07, 6.45) is 2.14. The van der Waals surface area contributed by atoms with Crippen LogP contribution in [-0.4, -0.2) is 94.1 Å². The van der Waals surface area contributed by atoms with E-state index >= 15 is 4.39 Å². The molecule has 6 rings (SSSR count). The van der Waals surface area contributed by atoms with E-state index in [1.165, 1.54) is 29.5 Å². The number of hydrogen-bond donors (Lipinski definition) is 1. The van der Waals surface area contributed by atoms with Gasteiger partial charge in [-0.15, -0.1) is 11.3 Å². The smallest absolute Gasteiger partial charge is 0.236 e. The first-order chi connectivity index (χ1) is 19.7. The Bertz CT molecular complexity index is 1570. The first-order valence-corrected chi connectivity index (χ1v) is 14.6. The Kier molecular flexibility index (Phi) is 7.39. The van der Waals surface area contributed by atoms with Crippen molar-refractivity contribution in [3.05, 3.63) is 58.7 Å². The Balaban J connectivity index is 1.25. The van der Waals surface area contributed by atoms with Gasteiger partial charge in [-0.1, -0.05) is 6.92 Å². The molecule has 216 valence electrons. The molecule has 2 aliphatic heterocycles. The number of hydrogen-bond acceptors (Lipinski definition) is 8. The summed E-state index contributed by atoms with van der Waals surface area (Å²) in [6, 6.07) is 7.83. The molecule has 5 heterocycles. The molecular weight excluding hydrogens is 548 g/mol. The predicted molar refractivity (Wildman–Crippen MR) is 156 cm³/mol. The third-order valence-electron chi connectivity index (χ3n) is 7.86.